The molecule has 0 spiro atoms. The minimum atomic E-state index is -0.341. The van der Waals surface area contributed by atoms with Crippen molar-refractivity contribution >= 4 is 29.0 Å². The number of hydrogen-bond donors (Lipinski definition) is 0. The van der Waals surface area contributed by atoms with E-state index < -0.39 is 0 Å². The van der Waals surface area contributed by atoms with Crippen LogP contribution in [0.4, 0.5) is 4.79 Å². The van der Waals surface area contributed by atoms with Gasteiger partial charge in [0.15, 0.2) is 0 Å². The van der Waals surface area contributed by atoms with Gasteiger partial charge in [0.25, 0.3) is 11.1 Å². The lowest BCUT2D eigenvalue weighted by Gasteiger charge is -2.06. The number of ether oxygens (including phenoxy) is 1. The van der Waals surface area contributed by atoms with Crippen molar-refractivity contribution in [3.05, 3.63) is 34.7 Å². The molecule has 1 aromatic rings. The molecule has 1 aliphatic heterocycles. The highest BCUT2D eigenvalue weighted by molar-refractivity contribution is 8.18. The number of nitrogens with zero attached hydrogens (tertiary/aromatic N) is 1. The van der Waals surface area contributed by atoms with Crippen molar-refractivity contribution in [2.75, 3.05) is 13.2 Å². The van der Waals surface area contributed by atoms with Gasteiger partial charge < -0.3 is 4.74 Å². The molecule has 102 valence electrons. The number of terminal acetylenes is 1. The number of benzene rings is 1. The van der Waals surface area contributed by atoms with Crippen molar-refractivity contribution in [3.63, 3.8) is 0 Å². The maximum atomic E-state index is 12.0. The molecular weight excluding hydrogens is 274 g/mol. The van der Waals surface area contributed by atoms with E-state index in [1.807, 2.05) is 31.2 Å². The van der Waals surface area contributed by atoms with Crippen molar-refractivity contribution in [1.82, 2.24) is 4.90 Å². The van der Waals surface area contributed by atoms with Crippen molar-refractivity contribution in [2.45, 2.75) is 6.92 Å². The highest BCUT2D eigenvalue weighted by atomic mass is 32.2. The zero-order chi connectivity index (χ0) is 14.5. The van der Waals surface area contributed by atoms with Gasteiger partial charge in [0.2, 0.25) is 0 Å². The smallest absolute Gasteiger partial charge is 0.294 e. The predicted octanol–water partition coefficient (Wildman–Crippen LogP) is 2.75. The third kappa shape index (κ3) is 3.03. The summed E-state index contributed by atoms with van der Waals surface area (Å²) in [4.78, 5) is 25.0. The summed E-state index contributed by atoms with van der Waals surface area (Å²) >= 11 is 0.903. The summed E-state index contributed by atoms with van der Waals surface area (Å²) in [7, 11) is 0. The van der Waals surface area contributed by atoms with Crippen LogP contribution in [-0.4, -0.2) is 29.2 Å². The second-order valence-electron chi connectivity index (χ2n) is 3.97. The van der Waals surface area contributed by atoms with Crippen LogP contribution < -0.4 is 4.74 Å². The van der Waals surface area contributed by atoms with E-state index in [2.05, 4.69) is 5.92 Å². The minimum Gasteiger partial charge on any atom is -0.494 e. The molecule has 0 N–H and O–H groups in total. The third-order valence-corrected chi connectivity index (χ3v) is 3.52. The van der Waals surface area contributed by atoms with Gasteiger partial charge >= 0.3 is 0 Å². The van der Waals surface area contributed by atoms with Crippen LogP contribution in [0.1, 0.15) is 12.5 Å². The maximum absolute atomic E-state index is 12.0. The fourth-order valence-corrected chi connectivity index (χ4v) is 2.54. The van der Waals surface area contributed by atoms with Gasteiger partial charge in [-0.2, -0.15) is 0 Å². The largest absolute Gasteiger partial charge is 0.494 e. The summed E-state index contributed by atoms with van der Waals surface area (Å²) in [5.74, 6) is 2.73. The van der Waals surface area contributed by atoms with Crippen LogP contribution in [0, 0.1) is 12.3 Å². The highest BCUT2D eigenvalue weighted by Crippen LogP contribution is 2.32. The second kappa shape index (κ2) is 6.31. The second-order valence-corrected chi connectivity index (χ2v) is 4.97. The van der Waals surface area contributed by atoms with Gasteiger partial charge in [-0.3, -0.25) is 14.5 Å². The zero-order valence-electron chi connectivity index (χ0n) is 11.0. The summed E-state index contributed by atoms with van der Waals surface area (Å²) in [5, 5.41) is -0.329. The first kappa shape index (κ1) is 14.2. The van der Waals surface area contributed by atoms with Gasteiger partial charge in [-0.1, -0.05) is 18.1 Å². The van der Waals surface area contributed by atoms with Gasteiger partial charge in [-0.25, -0.2) is 0 Å². The van der Waals surface area contributed by atoms with E-state index in [0.717, 1.165) is 28.0 Å². The molecule has 1 aromatic carbocycles. The summed E-state index contributed by atoms with van der Waals surface area (Å²) in [5.41, 5.74) is 0.833. The van der Waals surface area contributed by atoms with Crippen LogP contribution in [0.3, 0.4) is 0 Å². The lowest BCUT2D eigenvalue weighted by molar-refractivity contribution is -0.122. The molecule has 2 amide bonds. The number of rotatable bonds is 4. The molecule has 1 fully saturated rings. The first-order chi connectivity index (χ1) is 9.65. The molecular formula is C15H13NO3S. The summed E-state index contributed by atoms with van der Waals surface area (Å²) < 4.78 is 5.34. The SMILES string of the molecule is C#CCN1C(=O)S/C(=C\c2ccc(OCC)cc2)C1=O. The molecule has 4 nitrogen and oxygen atoms in total. The Kier molecular flexibility index (Phi) is 4.49. The first-order valence-electron chi connectivity index (χ1n) is 6.07. The van der Waals surface area contributed by atoms with Crippen LogP contribution in [-0.2, 0) is 4.79 Å². The van der Waals surface area contributed by atoms with Gasteiger partial charge in [-0.15, -0.1) is 6.42 Å². The monoisotopic (exact) mass is 287 g/mol. The molecule has 1 heterocycles. The average Bonchev–Trinajstić information content (AvgIpc) is 2.69. The lowest BCUT2D eigenvalue weighted by Crippen LogP contribution is -2.28. The molecule has 0 atom stereocenters. The van der Waals surface area contributed by atoms with Crippen LogP contribution in [0.2, 0.25) is 0 Å². The third-order valence-electron chi connectivity index (χ3n) is 2.61. The van der Waals surface area contributed by atoms with Crippen LogP contribution in [0.25, 0.3) is 6.08 Å². The maximum Gasteiger partial charge on any atom is 0.294 e. The molecule has 0 radical (unpaired) electrons. The standard InChI is InChI=1S/C15H13NO3S/c1-3-9-16-14(17)13(20-15(16)18)10-11-5-7-12(8-6-11)19-4-2/h1,5-8,10H,4,9H2,2H3/b13-10-. The van der Waals surface area contributed by atoms with Crippen molar-refractivity contribution in [1.29, 1.82) is 0 Å². The molecule has 1 saturated heterocycles. The first-order valence-corrected chi connectivity index (χ1v) is 6.89. The van der Waals surface area contributed by atoms with E-state index >= 15 is 0 Å². The fourth-order valence-electron chi connectivity index (χ4n) is 1.71. The van der Waals surface area contributed by atoms with Gasteiger partial charge in [-0.05, 0) is 42.5 Å². The quantitative estimate of drug-likeness (QED) is 0.631. The molecule has 5 heteroatoms. The number of imide groups is 1. The van der Waals surface area contributed by atoms with Crippen LogP contribution in [0.5, 0.6) is 5.75 Å². The van der Waals surface area contributed by atoms with E-state index in [1.54, 1.807) is 6.08 Å². The van der Waals surface area contributed by atoms with Crippen molar-refractivity contribution < 1.29 is 14.3 Å². The molecule has 0 aliphatic carbocycles. The van der Waals surface area contributed by atoms with Crippen molar-refractivity contribution in [2.24, 2.45) is 0 Å². The fraction of sp³-hybridized carbons (Fsp3) is 0.200. The predicted molar refractivity (Wildman–Crippen MR) is 79.1 cm³/mol. The number of amides is 2. The Bertz CT molecular complexity index is 599. The van der Waals surface area contributed by atoms with E-state index in [9.17, 15) is 9.59 Å². The van der Waals surface area contributed by atoms with Crippen molar-refractivity contribution in [3.8, 4) is 18.1 Å². The van der Waals surface area contributed by atoms with Crippen LogP contribution in [0.15, 0.2) is 29.2 Å². The summed E-state index contributed by atoms with van der Waals surface area (Å²) in [6.07, 6.45) is 6.81. The van der Waals surface area contributed by atoms with E-state index in [1.165, 1.54) is 0 Å². The summed E-state index contributed by atoms with van der Waals surface area (Å²) in [6.45, 7) is 2.52. The number of carbonyl (C=O) groups excluding carboxylic acids is 2. The molecule has 1 aliphatic rings. The van der Waals surface area contributed by atoms with E-state index in [0.29, 0.717) is 11.5 Å². The topological polar surface area (TPSA) is 46.6 Å². The summed E-state index contributed by atoms with van der Waals surface area (Å²) in [6, 6.07) is 7.31. The molecule has 0 aromatic heterocycles. The molecule has 0 bridgehead atoms. The Labute approximate surface area is 121 Å². The lowest BCUT2D eigenvalue weighted by atomic mass is 10.2. The Hall–Kier alpha value is -2.19. The number of thioether (sulfide) groups is 1. The molecule has 0 saturated carbocycles. The average molecular weight is 287 g/mol. The molecule has 0 unspecified atom stereocenters. The van der Waals surface area contributed by atoms with E-state index in [-0.39, 0.29) is 17.7 Å². The van der Waals surface area contributed by atoms with Gasteiger partial charge in [0.1, 0.15) is 5.75 Å². The molecule has 2 rings (SSSR count). The Morgan fingerprint density at radius 1 is 1.35 bits per heavy atom. The van der Waals surface area contributed by atoms with Gasteiger partial charge in [0, 0.05) is 0 Å². The number of carbonyl (C=O) groups is 2. The number of hydrogen-bond acceptors (Lipinski definition) is 4. The Morgan fingerprint density at radius 2 is 2.05 bits per heavy atom. The zero-order valence-corrected chi connectivity index (χ0v) is 11.8. The van der Waals surface area contributed by atoms with Gasteiger partial charge in [0.05, 0.1) is 18.1 Å². The van der Waals surface area contributed by atoms with E-state index in [4.69, 9.17) is 11.2 Å². The normalized spacial score (nSPS) is 16.6. The minimum absolute atomic E-state index is 0.00524. The van der Waals surface area contributed by atoms with Crippen LogP contribution >= 0.6 is 11.8 Å². The Morgan fingerprint density at radius 3 is 2.65 bits per heavy atom. The molecule has 20 heavy (non-hydrogen) atoms. The highest BCUT2D eigenvalue weighted by Gasteiger charge is 2.34. The Balaban J connectivity index is 2.17.